The van der Waals surface area contributed by atoms with Crippen molar-refractivity contribution in [1.29, 1.82) is 0 Å². The van der Waals surface area contributed by atoms with Gasteiger partial charge in [-0.15, -0.1) is 0 Å². The largest absolute Gasteiger partial charge is 0.508 e. The van der Waals surface area contributed by atoms with Gasteiger partial charge in [0.05, 0.1) is 0 Å². The summed E-state index contributed by atoms with van der Waals surface area (Å²) in [5.41, 5.74) is 1.34. The fourth-order valence-electron chi connectivity index (χ4n) is 2.03. The molecule has 1 aromatic heterocycles. The van der Waals surface area contributed by atoms with Crippen molar-refractivity contribution in [3.8, 4) is 22.6 Å². The number of hydrogen-bond acceptors (Lipinski definition) is 4. The number of phenols is 2. The molecular formula is C15H10O4. The Bertz CT molecular complexity index is 800. The van der Waals surface area contributed by atoms with E-state index in [1.165, 1.54) is 18.2 Å². The first-order valence-corrected chi connectivity index (χ1v) is 5.70. The summed E-state index contributed by atoms with van der Waals surface area (Å²) < 4.78 is 5.06. The van der Waals surface area contributed by atoms with Gasteiger partial charge in [-0.05, 0) is 35.4 Å². The highest BCUT2D eigenvalue weighted by molar-refractivity contribution is 5.93. The zero-order chi connectivity index (χ0) is 13.4. The molecule has 19 heavy (non-hydrogen) atoms. The quantitative estimate of drug-likeness (QED) is 0.655. The number of rotatable bonds is 1. The molecule has 0 aliphatic rings. The smallest absolute Gasteiger partial charge is 0.336 e. The minimum atomic E-state index is -0.485. The minimum Gasteiger partial charge on any atom is -0.508 e. The number of fused-ring (bicyclic) bond motifs is 1. The lowest BCUT2D eigenvalue weighted by Gasteiger charge is -2.06. The lowest BCUT2D eigenvalue weighted by Crippen LogP contribution is -1.97. The van der Waals surface area contributed by atoms with E-state index in [4.69, 9.17) is 4.42 Å². The molecule has 0 atom stereocenters. The van der Waals surface area contributed by atoms with Crippen LogP contribution in [0.15, 0.2) is 57.7 Å². The zero-order valence-electron chi connectivity index (χ0n) is 9.83. The lowest BCUT2D eigenvalue weighted by atomic mass is 10.0. The van der Waals surface area contributed by atoms with E-state index < -0.39 is 5.63 Å². The van der Waals surface area contributed by atoms with Gasteiger partial charge in [0.2, 0.25) is 0 Å². The molecule has 0 unspecified atom stereocenters. The Labute approximate surface area is 108 Å². The molecule has 2 N–H and O–H groups in total. The average Bonchev–Trinajstić information content (AvgIpc) is 2.38. The van der Waals surface area contributed by atoms with E-state index in [1.807, 2.05) is 0 Å². The molecule has 0 aliphatic heterocycles. The molecule has 0 fully saturated rings. The first-order valence-electron chi connectivity index (χ1n) is 5.70. The fraction of sp³-hybridized carbons (Fsp3) is 0. The van der Waals surface area contributed by atoms with Crippen molar-refractivity contribution < 1.29 is 14.6 Å². The molecule has 0 saturated carbocycles. The van der Waals surface area contributed by atoms with Crippen LogP contribution >= 0.6 is 0 Å². The van der Waals surface area contributed by atoms with Crippen LogP contribution in [-0.4, -0.2) is 10.2 Å². The highest BCUT2D eigenvalue weighted by Crippen LogP contribution is 2.30. The second-order valence-electron chi connectivity index (χ2n) is 4.21. The molecule has 3 rings (SSSR count). The van der Waals surface area contributed by atoms with Crippen molar-refractivity contribution in [2.45, 2.75) is 0 Å². The molecule has 2 aromatic carbocycles. The summed E-state index contributed by atoms with van der Waals surface area (Å²) in [4.78, 5) is 11.6. The van der Waals surface area contributed by atoms with Gasteiger partial charge in [-0.2, -0.15) is 0 Å². The summed E-state index contributed by atoms with van der Waals surface area (Å²) >= 11 is 0. The van der Waals surface area contributed by atoms with Crippen molar-refractivity contribution in [3.05, 3.63) is 59.0 Å². The van der Waals surface area contributed by atoms with Crippen molar-refractivity contribution in [1.82, 2.24) is 0 Å². The van der Waals surface area contributed by atoms with Gasteiger partial charge in [0, 0.05) is 17.5 Å². The average molecular weight is 254 g/mol. The number of phenolic OH excluding ortho intramolecular Hbond substituents is 2. The first-order chi connectivity index (χ1) is 9.13. The Kier molecular flexibility index (Phi) is 2.49. The van der Waals surface area contributed by atoms with E-state index in [0.29, 0.717) is 11.1 Å². The molecule has 1 heterocycles. The third-order valence-corrected chi connectivity index (χ3v) is 2.91. The van der Waals surface area contributed by atoms with Gasteiger partial charge in [0.15, 0.2) is 0 Å². The molecule has 0 bridgehead atoms. The molecule has 4 nitrogen and oxygen atoms in total. The normalized spacial score (nSPS) is 10.7. The maximum Gasteiger partial charge on any atom is 0.336 e. The summed E-state index contributed by atoms with van der Waals surface area (Å²) in [6, 6.07) is 12.6. The SMILES string of the molecule is O=c1cc(-c2ccc(O)cc2)c2ccc(O)cc2o1. The van der Waals surface area contributed by atoms with Crippen LogP contribution in [0.5, 0.6) is 11.5 Å². The van der Waals surface area contributed by atoms with Gasteiger partial charge in [-0.25, -0.2) is 4.79 Å². The third-order valence-electron chi connectivity index (χ3n) is 2.91. The Balaban J connectivity index is 2.34. The van der Waals surface area contributed by atoms with Gasteiger partial charge in [-0.3, -0.25) is 0 Å². The molecule has 0 aliphatic carbocycles. The summed E-state index contributed by atoms with van der Waals surface area (Å²) in [5, 5.41) is 19.4. The summed E-state index contributed by atoms with van der Waals surface area (Å²) in [7, 11) is 0. The highest BCUT2D eigenvalue weighted by atomic mass is 16.4. The number of benzene rings is 2. The molecule has 0 amide bonds. The third kappa shape index (κ3) is 2.04. The zero-order valence-corrected chi connectivity index (χ0v) is 9.83. The van der Waals surface area contributed by atoms with E-state index in [-0.39, 0.29) is 11.5 Å². The van der Waals surface area contributed by atoms with Gasteiger partial charge in [0.25, 0.3) is 0 Å². The second kappa shape index (κ2) is 4.17. The van der Waals surface area contributed by atoms with Crippen LogP contribution in [0.1, 0.15) is 0 Å². The van der Waals surface area contributed by atoms with Crippen LogP contribution in [0, 0.1) is 0 Å². The van der Waals surface area contributed by atoms with Crippen molar-refractivity contribution in [2.75, 3.05) is 0 Å². The Morgan fingerprint density at radius 3 is 2.26 bits per heavy atom. The van der Waals surface area contributed by atoms with Gasteiger partial charge >= 0.3 is 5.63 Å². The molecule has 4 heteroatoms. The number of aromatic hydroxyl groups is 2. The molecule has 0 spiro atoms. The molecule has 3 aromatic rings. The van der Waals surface area contributed by atoms with Crippen LogP contribution in [0.25, 0.3) is 22.1 Å². The van der Waals surface area contributed by atoms with Crippen LogP contribution in [-0.2, 0) is 0 Å². The Morgan fingerprint density at radius 1 is 0.842 bits per heavy atom. The molecule has 94 valence electrons. The second-order valence-corrected chi connectivity index (χ2v) is 4.21. The van der Waals surface area contributed by atoms with E-state index in [0.717, 1.165) is 10.9 Å². The van der Waals surface area contributed by atoms with Gasteiger partial charge in [0.1, 0.15) is 17.1 Å². The topological polar surface area (TPSA) is 70.7 Å². The minimum absolute atomic E-state index is 0.0403. The monoisotopic (exact) mass is 254 g/mol. The van der Waals surface area contributed by atoms with Crippen LogP contribution in [0.2, 0.25) is 0 Å². The van der Waals surface area contributed by atoms with Gasteiger partial charge in [-0.1, -0.05) is 12.1 Å². The number of hydrogen-bond donors (Lipinski definition) is 2. The van der Waals surface area contributed by atoms with E-state index in [1.54, 1.807) is 30.3 Å². The first kappa shape index (κ1) is 11.3. The highest BCUT2D eigenvalue weighted by Gasteiger charge is 2.08. The Morgan fingerprint density at radius 2 is 1.53 bits per heavy atom. The Hall–Kier alpha value is -2.75. The van der Waals surface area contributed by atoms with Crippen LogP contribution in [0.4, 0.5) is 0 Å². The summed E-state index contributed by atoms with van der Waals surface area (Å²) in [6.45, 7) is 0. The van der Waals surface area contributed by atoms with E-state index in [9.17, 15) is 15.0 Å². The van der Waals surface area contributed by atoms with E-state index in [2.05, 4.69) is 0 Å². The lowest BCUT2D eigenvalue weighted by molar-refractivity contribution is 0.473. The molecule has 0 saturated heterocycles. The van der Waals surface area contributed by atoms with Crippen LogP contribution in [0.3, 0.4) is 0 Å². The van der Waals surface area contributed by atoms with Crippen LogP contribution < -0.4 is 5.63 Å². The van der Waals surface area contributed by atoms with Crippen molar-refractivity contribution in [3.63, 3.8) is 0 Å². The predicted octanol–water partition coefficient (Wildman–Crippen LogP) is 2.87. The summed E-state index contributed by atoms with van der Waals surface area (Å²) in [5.74, 6) is 0.201. The van der Waals surface area contributed by atoms with E-state index >= 15 is 0 Å². The summed E-state index contributed by atoms with van der Waals surface area (Å²) in [6.07, 6.45) is 0. The van der Waals surface area contributed by atoms with Gasteiger partial charge < -0.3 is 14.6 Å². The maximum atomic E-state index is 11.6. The molecular weight excluding hydrogens is 244 g/mol. The van der Waals surface area contributed by atoms with Crippen molar-refractivity contribution in [2.24, 2.45) is 0 Å². The van der Waals surface area contributed by atoms with Crippen molar-refractivity contribution >= 4 is 11.0 Å². The fourth-order valence-corrected chi connectivity index (χ4v) is 2.03. The predicted molar refractivity (Wildman–Crippen MR) is 71.2 cm³/mol. The standard InChI is InChI=1S/C15H10O4/c16-10-3-1-9(2-4-10)13-8-15(18)19-14-7-11(17)5-6-12(13)14/h1-8,16-17H. The maximum absolute atomic E-state index is 11.6. The molecule has 0 radical (unpaired) electrons.